The van der Waals surface area contributed by atoms with Crippen LogP contribution in [0, 0.1) is 2.88 Å². The number of benzene rings is 1. The van der Waals surface area contributed by atoms with E-state index in [1.54, 1.807) is 0 Å². The van der Waals surface area contributed by atoms with E-state index in [1.165, 1.54) is 18.5 Å². The molecule has 2 rings (SSSR count). The Morgan fingerprint density at radius 3 is 2.92 bits per heavy atom. The zero-order chi connectivity index (χ0) is 9.42. The third-order valence-electron chi connectivity index (χ3n) is 1.86. The van der Waals surface area contributed by atoms with Gasteiger partial charge in [-0.15, -0.1) is 24.0 Å². The highest BCUT2D eigenvalue weighted by atomic mass is 127. The summed E-state index contributed by atoms with van der Waals surface area (Å²) in [6.45, 7) is 0. The Morgan fingerprint density at radius 1 is 1.46 bits per heavy atom. The molecule has 4 heteroatoms. The van der Waals surface area contributed by atoms with Crippen LogP contribution in [0.1, 0.15) is 5.56 Å². The predicted molar refractivity (Wildman–Crippen MR) is 74.4 cm³/mol. The lowest BCUT2D eigenvalue weighted by atomic mass is 10.2. The molecule has 0 radical (unpaired) electrons. The van der Waals surface area contributed by atoms with E-state index in [1.807, 2.05) is 17.4 Å². The van der Waals surface area contributed by atoms with Crippen LogP contribution in [0.4, 0.5) is 0 Å². The van der Waals surface area contributed by atoms with Gasteiger partial charge in [-0.05, 0) is 51.7 Å². The lowest BCUT2D eigenvalue weighted by molar-refractivity contribution is 1.48. The van der Waals surface area contributed by atoms with Crippen molar-refractivity contribution < 1.29 is 0 Å². The fraction of sp³-hybridized carbons (Fsp3) is 0.111. The van der Waals surface area contributed by atoms with Crippen LogP contribution in [-0.4, -0.2) is 0 Å². The van der Waals surface area contributed by atoms with Crippen molar-refractivity contribution in [3.8, 4) is 0 Å². The number of alkyl halides is 1. The van der Waals surface area contributed by atoms with E-state index in [2.05, 4.69) is 63.3 Å². The minimum atomic E-state index is 0.919. The fourth-order valence-electron chi connectivity index (χ4n) is 1.23. The third-order valence-corrected chi connectivity index (χ3v) is 5.01. The zero-order valence-electron chi connectivity index (χ0n) is 6.55. The van der Waals surface area contributed by atoms with Gasteiger partial charge in [0.15, 0.2) is 0 Å². The molecule has 0 aliphatic carbocycles. The summed E-state index contributed by atoms with van der Waals surface area (Å²) in [6, 6.07) is 6.31. The standard InChI is InChI=1S/C9H6BrIS2/c10-4-7-6-3-5(12)1-2-8(6)13-9(7)11/h1-3,12H,4H2. The molecule has 0 aliphatic heterocycles. The minimum Gasteiger partial charge on any atom is -0.143 e. The normalized spacial score (nSPS) is 11.0. The van der Waals surface area contributed by atoms with Gasteiger partial charge in [0.25, 0.3) is 0 Å². The van der Waals surface area contributed by atoms with Crippen molar-refractivity contribution in [2.45, 2.75) is 10.2 Å². The minimum absolute atomic E-state index is 0.919. The van der Waals surface area contributed by atoms with Gasteiger partial charge in [-0.3, -0.25) is 0 Å². The summed E-state index contributed by atoms with van der Waals surface area (Å²) in [7, 11) is 0. The van der Waals surface area contributed by atoms with Crippen molar-refractivity contribution >= 4 is 72.6 Å². The molecule has 68 valence electrons. The van der Waals surface area contributed by atoms with Gasteiger partial charge >= 0.3 is 0 Å². The second-order valence-electron chi connectivity index (χ2n) is 2.67. The van der Waals surface area contributed by atoms with E-state index < -0.39 is 0 Å². The first-order valence-electron chi connectivity index (χ1n) is 3.68. The highest BCUT2D eigenvalue weighted by molar-refractivity contribution is 14.1. The van der Waals surface area contributed by atoms with Crippen LogP contribution in [0.5, 0.6) is 0 Å². The van der Waals surface area contributed by atoms with E-state index in [0.717, 1.165) is 10.2 Å². The van der Waals surface area contributed by atoms with Crippen LogP contribution in [0.15, 0.2) is 23.1 Å². The Balaban J connectivity index is 2.80. The Labute approximate surface area is 108 Å². The van der Waals surface area contributed by atoms with Crippen LogP contribution in [0.2, 0.25) is 0 Å². The van der Waals surface area contributed by atoms with Gasteiger partial charge in [0.2, 0.25) is 0 Å². The molecule has 1 heterocycles. The Kier molecular flexibility index (Phi) is 3.22. The molecule has 1 aromatic heterocycles. The molecule has 0 bridgehead atoms. The zero-order valence-corrected chi connectivity index (χ0v) is 12.0. The molecule has 0 unspecified atom stereocenters. The second kappa shape index (κ2) is 4.08. The van der Waals surface area contributed by atoms with Crippen molar-refractivity contribution in [2.75, 3.05) is 0 Å². The molecule has 0 nitrogen and oxygen atoms in total. The van der Waals surface area contributed by atoms with Gasteiger partial charge in [-0.1, -0.05) is 15.9 Å². The maximum Gasteiger partial charge on any atom is 0.0706 e. The summed E-state index contributed by atoms with van der Waals surface area (Å²) in [6.07, 6.45) is 0. The van der Waals surface area contributed by atoms with Crippen LogP contribution >= 0.6 is 62.5 Å². The number of fused-ring (bicyclic) bond motifs is 1. The average Bonchev–Trinajstić information content (AvgIpc) is 2.40. The summed E-state index contributed by atoms with van der Waals surface area (Å²) < 4.78 is 2.71. The Hall–Kier alpha value is 0.740. The van der Waals surface area contributed by atoms with Crippen molar-refractivity contribution in [3.63, 3.8) is 0 Å². The first kappa shape index (κ1) is 10.3. The van der Waals surface area contributed by atoms with E-state index in [9.17, 15) is 0 Å². The number of halogens is 2. The molecule has 0 N–H and O–H groups in total. The topological polar surface area (TPSA) is 0 Å². The van der Waals surface area contributed by atoms with E-state index in [0.29, 0.717) is 0 Å². The monoisotopic (exact) mass is 384 g/mol. The van der Waals surface area contributed by atoms with Gasteiger partial charge in [-0.2, -0.15) is 0 Å². The summed E-state index contributed by atoms with van der Waals surface area (Å²) in [5.74, 6) is 0. The van der Waals surface area contributed by atoms with Crippen LogP contribution in [0.25, 0.3) is 10.1 Å². The van der Waals surface area contributed by atoms with Crippen molar-refractivity contribution in [3.05, 3.63) is 26.6 Å². The lowest BCUT2D eigenvalue weighted by Crippen LogP contribution is -1.76. The van der Waals surface area contributed by atoms with Gasteiger partial charge in [0, 0.05) is 14.9 Å². The van der Waals surface area contributed by atoms with Gasteiger partial charge < -0.3 is 0 Å². The second-order valence-corrected chi connectivity index (χ2v) is 6.61. The number of rotatable bonds is 1. The SMILES string of the molecule is Sc1ccc2sc(I)c(CBr)c2c1. The molecule has 0 aliphatic rings. The quantitative estimate of drug-likeness (QED) is 0.411. The molecule has 0 saturated heterocycles. The number of thiophene rings is 1. The molecule has 2 aromatic rings. The molecule has 13 heavy (non-hydrogen) atoms. The molecule has 1 aromatic carbocycles. The van der Waals surface area contributed by atoms with E-state index >= 15 is 0 Å². The van der Waals surface area contributed by atoms with E-state index in [-0.39, 0.29) is 0 Å². The van der Waals surface area contributed by atoms with Crippen LogP contribution in [-0.2, 0) is 5.33 Å². The molecular weight excluding hydrogens is 379 g/mol. The summed E-state index contributed by atoms with van der Waals surface area (Å²) in [4.78, 5) is 1.03. The first-order valence-corrected chi connectivity index (χ1v) is 7.14. The number of hydrogen-bond donors (Lipinski definition) is 1. The summed E-state index contributed by atoms with van der Waals surface area (Å²) in [5, 5.41) is 2.25. The Bertz CT molecular complexity index is 450. The van der Waals surface area contributed by atoms with Crippen LogP contribution in [0.3, 0.4) is 0 Å². The predicted octanol–water partition coefficient (Wildman–Crippen LogP) is 4.69. The maximum atomic E-state index is 4.34. The smallest absolute Gasteiger partial charge is 0.0706 e. The van der Waals surface area contributed by atoms with Crippen LogP contribution < -0.4 is 0 Å². The third kappa shape index (κ3) is 1.91. The van der Waals surface area contributed by atoms with Gasteiger partial charge in [0.1, 0.15) is 0 Å². The maximum absolute atomic E-state index is 4.34. The molecule has 0 atom stereocenters. The fourth-order valence-corrected chi connectivity index (χ4v) is 4.85. The highest BCUT2D eigenvalue weighted by Gasteiger charge is 2.08. The van der Waals surface area contributed by atoms with Gasteiger partial charge in [-0.25, -0.2) is 0 Å². The first-order chi connectivity index (χ1) is 6.22. The molecule has 0 amide bonds. The molecule has 0 spiro atoms. The van der Waals surface area contributed by atoms with E-state index in [4.69, 9.17) is 0 Å². The van der Waals surface area contributed by atoms with Crippen molar-refractivity contribution in [1.29, 1.82) is 0 Å². The molecular formula is C9H6BrIS2. The largest absolute Gasteiger partial charge is 0.143 e. The summed E-state index contributed by atoms with van der Waals surface area (Å²) >= 11 is 12.1. The molecule has 0 fully saturated rings. The van der Waals surface area contributed by atoms with Crippen molar-refractivity contribution in [2.24, 2.45) is 0 Å². The number of thiol groups is 1. The Morgan fingerprint density at radius 2 is 2.23 bits per heavy atom. The highest BCUT2D eigenvalue weighted by Crippen LogP contribution is 2.34. The number of hydrogen-bond acceptors (Lipinski definition) is 2. The lowest BCUT2D eigenvalue weighted by Gasteiger charge is -1.95. The summed E-state index contributed by atoms with van der Waals surface area (Å²) in [5.41, 5.74) is 1.39. The molecule has 0 saturated carbocycles. The average molecular weight is 385 g/mol. The van der Waals surface area contributed by atoms with Crippen molar-refractivity contribution in [1.82, 2.24) is 0 Å². The van der Waals surface area contributed by atoms with Gasteiger partial charge in [0.05, 0.1) is 2.88 Å².